The Bertz CT molecular complexity index is 485. The van der Waals surface area contributed by atoms with Gasteiger partial charge >= 0.3 is 0 Å². The van der Waals surface area contributed by atoms with Crippen LogP contribution < -0.4 is 11.1 Å². The van der Waals surface area contributed by atoms with Gasteiger partial charge in [0.1, 0.15) is 0 Å². The molecule has 0 spiro atoms. The van der Waals surface area contributed by atoms with Crippen LogP contribution in [-0.2, 0) is 4.74 Å². The van der Waals surface area contributed by atoms with Crippen molar-refractivity contribution < 1.29 is 9.53 Å². The first kappa shape index (κ1) is 15.7. The Balaban J connectivity index is 2.67. The molecular formula is C14H20N2O2S. The number of hydrogen-bond acceptors (Lipinski definition) is 4. The second kappa shape index (κ2) is 7.95. The molecule has 0 aliphatic rings. The first-order chi connectivity index (χ1) is 9.08. The number of carbonyl (C=O) groups excluding carboxylic acids is 1. The summed E-state index contributed by atoms with van der Waals surface area (Å²) >= 11 is 1.39. The summed E-state index contributed by atoms with van der Waals surface area (Å²) in [4.78, 5) is 13.6. The molecule has 0 aliphatic heterocycles. The minimum Gasteiger partial charge on any atom is -0.380 e. The topological polar surface area (TPSA) is 64.3 Å². The monoisotopic (exact) mass is 280 g/mol. The fourth-order valence-corrected chi connectivity index (χ4v) is 2.43. The van der Waals surface area contributed by atoms with Gasteiger partial charge in [-0.25, -0.2) is 0 Å². The Labute approximate surface area is 118 Å². The first-order valence-corrected chi connectivity index (χ1v) is 7.08. The van der Waals surface area contributed by atoms with E-state index in [0.717, 1.165) is 10.4 Å². The molecule has 1 amide bonds. The van der Waals surface area contributed by atoms with Crippen molar-refractivity contribution in [3.8, 4) is 11.8 Å². The Hall–Kier alpha value is -1.35. The fourth-order valence-electron chi connectivity index (χ4n) is 1.48. The van der Waals surface area contributed by atoms with Crippen molar-refractivity contribution in [3.63, 3.8) is 0 Å². The van der Waals surface area contributed by atoms with Gasteiger partial charge in [0.05, 0.1) is 22.9 Å². The molecule has 0 bridgehead atoms. The lowest BCUT2D eigenvalue weighted by Crippen LogP contribution is -2.35. The molecule has 1 aromatic heterocycles. The smallest absolute Gasteiger partial charge is 0.261 e. The lowest BCUT2D eigenvalue weighted by Gasteiger charge is -2.12. The zero-order valence-electron chi connectivity index (χ0n) is 11.6. The van der Waals surface area contributed by atoms with E-state index in [1.54, 1.807) is 0 Å². The van der Waals surface area contributed by atoms with Crippen LogP contribution in [0.25, 0.3) is 0 Å². The lowest BCUT2D eigenvalue weighted by atomic mass is 10.2. The van der Waals surface area contributed by atoms with Crippen molar-refractivity contribution in [1.82, 2.24) is 5.32 Å². The predicted octanol–water partition coefficient (Wildman–Crippen LogP) is 1.52. The minimum atomic E-state index is -0.0823. The van der Waals surface area contributed by atoms with Crippen LogP contribution in [0.4, 0.5) is 0 Å². The van der Waals surface area contributed by atoms with E-state index in [1.165, 1.54) is 11.3 Å². The molecule has 4 nitrogen and oxygen atoms in total. The summed E-state index contributed by atoms with van der Waals surface area (Å²) in [5.74, 6) is 5.69. The highest BCUT2D eigenvalue weighted by Gasteiger charge is 2.13. The zero-order chi connectivity index (χ0) is 14.3. The second-order valence-corrected chi connectivity index (χ2v) is 5.21. The van der Waals surface area contributed by atoms with Crippen LogP contribution in [-0.4, -0.2) is 31.7 Å². The Morgan fingerprint density at radius 2 is 2.37 bits per heavy atom. The number of hydrogen-bond donors (Lipinski definition) is 2. The van der Waals surface area contributed by atoms with E-state index >= 15 is 0 Å². The molecule has 0 saturated carbocycles. The molecule has 0 fully saturated rings. The number of aryl methyl sites for hydroxylation is 1. The third kappa shape index (κ3) is 5.03. The SMILES string of the molecule is CCOCC(C)NC(=O)c1cc(C)c(C#CCN)s1. The summed E-state index contributed by atoms with van der Waals surface area (Å²) < 4.78 is 5.27. The van der Waals surface area contributed by atoms with E-state index in [-0.39, 0.29) is 11.9 Å². The number of nitrogens with two attached hydrogens (primary N) is 1. The van der Waals surface area contributed by atoms with Crippen LogP contribution >= 0.6 is 11.3 Å². The van der Waals surface area contributed by atoms with Crippen LogP contribution in [0.1, 0.15) is 34.0 Å². The van der Waals surface area contributed by atoms with E-state index < -0.39 is 0 Å². The molecule has 1 rings (SSSR count). The molecule has 5 heteroatoms. The van der Waals surface area contributed by atoms with Crippen molar-refractivity contribution >= 4 is 17.2 Å². The summed E-state index contributed by atoms with van der Waals surface area (Å²) in [6.07, 6.45) is 0. The second-order valence-electron chi connectivity index (χ2n) is 4.16. The number of amides is 1. The number of rotatable bonds is 5. The molecule has 19 heavy (non-hydrogen) atoms. The van der Waals surface area contributed by atoms with Gasteiger partial charge in [-0.05, 0) is 32.4 Å². The summed E-state index contributed by atoms with van der Waals surface area (Å²) in [5, 5.41) is 2.90. The Morgan fingerprint density at radius 1 is 1.63 bits per heavy atom. The van der Waals surface area contributed by atoms with Gasteiger partial charge < -0.3 is 15.8 Å². The van der Waals surface area contributed by atoms with E-state index in [4.69, 9.17) is 10.5 Å². The summed E-state index contributed by atoms with van der Waals surface area (Å²) in [7, 11) is 0. The normalized spacial score (nSPS) is 11.6. The van der Waals surface area contributed by atoms with Gasteiger partial charge in [0.25, 0.3) is 5.91 Å². The highest BCUT2D eigenvalue weighted by molar-refractivity contribution is 7.14. The van der Waals surface area contributed by atoms with Crippen molar-refractivity contribution in [2.45, 2.75) is 26.8 Å². The summed E-state index contributed by atoms with van der Waals surface area (Å²) in [5.41, 5.74) is 6.35. The standard InChI is InChI=1S/C14H20N2O2S/c1-4-18-9-11(3)16-14(17)13-8-10(2)12(19-13)6-5-7-15/h8,11H,4,7,9,15H2,1-3H3,(H,16,17). The highest BCUT2D eigenvalue weighted by Crippen LogP contribution is 2.20. The number of ether oxygens (including phenoxy) is 1. The van der Waals surface area contributed by atoms with E-state index in [0.29, 0.717) is 24.6 Å². The molecule has 1 unspecified atom stereocenters. The van der Waals surface area contributed by atoms with Crippen molar-refractivity contribution in [1.29, 1.82) is 0 Å². The molecule has 0 saturated heterocycles. The fraction of sp³-hybridized carbons (Fsp3) is 0.500. The van der Waals surface area contributed by atoms with Crippen LogP contribution in [0.15, 0.2) is 6.07 Å². The first-order valence-electron chi connectivity index (χ1n) is 6.26. The van der Waals surface area contributed by atoms with Crippen LogP contribution in [0.3, 0.4) is 0 Å². The highest BCUT2D eigenvalue weighted by atomic mass is 32.1. The quantitative estimate of drug-likeness (QED) is 0.804. The molecule has 0 aliphatic carbocycles. The average molecular weight is 280 g/mol. The molecule has 1 atom stereocenters. The minimum absolute atomic E-state index is 0.00608. The Morgan fingerprint density at radius 3 is 3.00 bits per heavy atom. The van der Waals surface area contributed by atoms with E-state index in [9.17, 15) is 4.79 Å². The maximum atomic E-state index is 12.0. The van der Waals surface area contributed by atoms with Crippen LogP contribution in [0, 0.1) is 18.8 Å². The third-order valence-corrected chi connectivity index (χ3v) is 3.55. The number of thiophene rings is 1. The maximum Gasteiger partial charge on any atom is 0.261 e. The van der Waals surface area contributed by atoms with E-state index in [1.807, 2.05) is 26.8 Å². The summed E-state index contributed by atoms with van der Waals surface area (Å²) in [6, 6.07) is 1.85. The molecule has 0 radical (unpaired) electrons. The molecule has 104 valence electrons. The van der Waals surface area contributed by atoms with Gasteiger partial charge in [-0.15, -0.1) is 11.3 Å². The molecule has 0 aromatic carbocycles. The molecule has 3 N–H and O–H groups in total. The molecule has 1 heterocycles. The predicted molar refractivity (Wildman–Crippen MR) is 78.4 cm³/mol. The van der Waals surface area contributed by atoms with Gasteiger partial charge in [0.2, 0.25) is 0 Å². The van der Waals surface area contributed by atoms with Gasteiger partial charge in [-0.1, -0.05) is 11.8 Å². The van der Waals surface area contributed by atoms with Crippen LogP contribution in [0.2, 0.25) is 0 Å². The Kier molecular flexibility index (Phi) is 6.57. The zero-order valence-corrected chi connectivity index (χ0v) is 12.4. The van der Waals surface area contributed by atoms with Gasteiger partial charge in [0, 0.05) is 12.6 Å². The van der Waals surface area contributed by atoms with Crippen molar-refractivity contribution in [2.75, 3.05) is 19.8 Å². The largest absolute Gasteiger partial charge is 0.380 e. The number of nitrogens with one attached hydrogen (secondary N) is 1. The van der Waals surface area contributed by atoms with Gasteiger partial charge in [0.15, 0.2) is 0 Å². The average Bonchev–Trinajstić information content (AvgIpc) is 2.75. The van der Waals surface area contributed by atoms with Gasteiger partial charge in [-0.2, -0.15) is 0 Å². The third-order valence-electron chi connectivity index (χ3n) is 2.40. The molecule has 1 aromatic rings. The van der Waals surface area contributed by atoms with E-state index in [2.05, 4.69) is 17.2 Å². The number of carbonyl (C=O) groups is 1. The van der Waals surface area contributed by atoms with Crippen molar-refractivity contribution in [3.05, 3.63) is 21.4 Å². The van der Waals surface area contributed by atoms with Gasteiger partial charge in [-0.3, -0.25) is 4.79 Å². The van der Waals surface area contributed by atoms with Crippen molar-refractivity contribution in [2.24, 2.45) is 5.73 Å². The lowest BCUT2D eigenvalue weighted by molar-refractivity contribution is 0.0875. The maximum absolute atomic E-state index is 12.0. The van der Waals surface area contributed by atoms with Crippen LogP contribution in [0.5, 0.6) is 0 Å². The summed E-state index contributed by atoms with van der Waals surface area (Å²) in [6.45, 7) is 7.29. The molecular weight excluding hydrogens is 260 g/mol.